The van der Waals surface area contributed by atoms with Crippen molar-refractivity contribution in [3.05, 3.63) is 11.8 Å². The minimum Gasteiger partial charge on any atom is -0.393 e. The first-order valence-electron chi connectivity index (χ1n) is 8.28. The molecule has 2 rings (SSSR count). The molecule has 7 nitrogen and oxygen atoms in total. The smallest absolute Gasteiger partial charge is 0.254 e. The number of hydrogen-bond acceptors (Lipinski definition) is 6. The number of rotatable bonds is 6. The maximum atomic E-state index is 11.6. The highest BCUT2D eigenvalue weighted by atomic mass is 16.3. The minimum absolute atomic E-state index is 0.0747. The third-order valence-electron chi connectivity index (χ3n) is 4.54. The molecule has 1 aliphatic carbocycles. The number of hydrogen-bond donors (Lipinski definition) is 4. The largest absolute Gasteiger partial charge is 0.393 e. The number of carbonyl (C=O) groups is 1. The Hall–Kier alpha value is -1.89. The Labute approximate surface area is 137 Å². The van der Waals surface area contributed by atoms with Gasteiger partial charge in [-0.3, -0.25) is 4.79 Å². The van der Waals surface area contributed by atoms with E-state index in [2.05, 4.69) is 34.4 Å². The zero-order chi connectivity index (χ0) is 17.0. The number of primary amides is 1. The first-order chi connectivity index (χ1) is 10.9. The number of amides is 1. The average Bonchev–Trinajstić information content (AvgIpc) is 2.50. The van der Waals surface area contributed by atoms with Gasteiger partial charge in [-0.1, -0.05) is 13.8 Å². The van der Waals surface area contributed by atoms with Crippen molar-refractivity contribution in [2.24, 2.45) is 11.7 Å². The fraction of sp³-hybridized carbons (Fsp3) is 0.688. The molecule has 1 aliphatic rings. The number of aromatic nitrogens is 2. The number of carbonyl (C=O) groups excluding carboxylic acids is 1. The molecule has 1 saturated carbocycles. The monoisotopic (exact) mass is 321 g/mol. The van der Waals surface area contributed by atoms with E-state index in [9.17, 15) is 9.90 Å². The van der Waals surface area contributed by atoms with Gasteiger partial charge in [-0.15, -0.1) is 0 Å². The molecule has 1 aromatic rings. The Kier molecular flexibility index (Phi) is 5.76. The van der Waals surface area contributed by atoms with Gasteiger partial charge in [-0.25, -0.2) is 4.98 Å². The standard InChI is InChI=1S/C16H27N5O2/c1-4-10(3)19-16-18-8-12(14(17)23)15(21-16)20-11-6-5-9(2)13(22)7-11/h8-11,13,22H,4-7H2,1-3H3,(H2,17,23)(H2,18,19,20,21)/t9-,10-,11?,13-/m1/s1. The van der Waals surface area contributed by atoms with Gasteiger partial charge >= 0.3 is 0 Å². The van der Waals surface area contributed by atoms with E-state index < -0.39 is 5.91 Å². The van der Waals surface area contributed by atoms with Crippen LogP contribution in [0.3, 0.4) is 0 Å². The van der Waals surface area contributed by atoms with Gasteiger partial charge in [0, 0.05) is 18.3 Å². The van der Waals surface area contributed by atoms with Gasteiger partial charge < -0.3 is 21.5 Å². The van der Waals surface area contributed by atoms with Gasteiger partial charge in [-0.05, 0) is 38.5 Å². The van der Waals surface area contributed by atoms with E-state index in [1.54, 1.807) is 0 Å². The van der Waals surface area contributed by atoms with Crippen LogP contribution < -0.4 is 16.4 Å². The molecular formula is C16H27N5O2. The summed E-state index contributed by atoms with van der Waals surface area (Å²) in [5.41, 5.74) is 5.69. The van der Waals surface area contributed by atoms with Gasteiger partial charge in [0.15, 0.2) is 0 Å². The molecule has 0 spiro atoms. The predicted octanol–water partition coefficient (Wildman–Crippen LogP) is 1.75. The molecule has 1 amide bonds. The molecule has 1 unspecified atom stereocenters. The van der Waals surface area contributed by atoms with E-state index in [0.29, 0.717) is 24.1 Å². The van der Waals surface area contributed by atoms with Crippen molar-refractivity contribution in [1.29, 1.82) is 0 Å². The molecule has 0 bridgehead atoms. The van der Waals surface area contributed by atoms with Crippen molar-refractivity contribution in [1.82, 2.24) is 9.97 Å². The van der Waals surface area contributed by atoms with Crippen LogP contribution in [0.5, 0.6) is 0 Å². The maximum absolute atomic E-state index is 11.6. The molecule has 1 aromatic heterocycles. The summed E-state index contributed by atoms with van der Waals surface area (Å²) >= 11 is 0. The molecule has 0 aromatic carbocycles. The minimum atomic E-state index is -0.563. The van der Waals surface area contributed by atoms with Gasteiger partial charge in [0.2, 0.25) is 5.95 Å². The molecule has 5 N–H and O–H groups in total. The Morgan fingerprint density at radius 3 is 2.87 bits per heavy atom. The van der Waals surface area contributed by atoms with Crippen molar-refractivity contribution in [3.8, 4) is 0 Å². The van der Waals surface area contributed by atoms with E-state index in [-0.39, 0.29) is 23.8 Å². The molecule has 7 heteroatoms. The van der Waals surface area contributed by atoms with E-state index in [0.717, 1.165) is 19.3 Å². The summed E-state index contributed by atoms with van der Waals surface area (Å²) in [6.45, 7) is 6.16. The van der Waals surface area contributed by atoms with Crippen LogP contribution in [-0.4, -0.2) is 39.2 Å². The van der Waals surface area contributed by atoms with E-state index >= 15 is 0 Å². The Bertz CT molecular complexity index is 551. The molecular weight excluding hydrogens is 294 g/mol. The molecule has 0 saturated heterocycles. The maximum Gasteiger partial charge on any atom is 0.254 e. The number of aliphatic hydroxyl groups excluding tert-OH is 1. The van der Waals surface area contributed by atoms with Gasteiger partial charge in [0.1, 0.15) is 5.82 Å². The summed E-state index contributed by atoms with van der Waals surface area (Å²) in [5, 5.41) is 16.5. The topological polar surface area (TPSA) is 113 Å². The van der Waals surface area contributed by atoms with Gasteiger partial charge in [0.25, 0.3) is 5.91 Å². The molecule has 0 radical (unpaired) electrons. The highest BCUT2D eigenvalue weighted by Crippen LogP contribution is 2.27. The van der Waals surface area contributed by atoms with Crippen LogP contribution in [0.2, 0.25) is 0 Å². The molecule has 23 heavy (non-hydrogen) atoms. The third-order valence-corrected chi connectivity index (χ3v) is 4.54. The van der Waals surface area contributed by atoms with Crippen LogP contribution in [0.25, 0.3) is 0 Å². The van der Waals surface area contributed by atoms with Crippen LogP contribution in [0.15, 0.2) is 6.20 Å². The summed E-state index contributed by atoms with van der Waals surface area (Å²) < 4.78 is 0. The van der Waals surface area contributed by atoms with Gasteiger partial charge in [0.05, 0.1) is 11.7 Å². The number of aliphatic hydroxyl groups is 1. The predicted molar refractivity (Wildman–Crippen MR) is 90.4 cm³/mol. The van der Waals surface area contributed by atoms with Crippen LogP contribution in [0.4, 0.5) is 11.8 Å². The fourth-order valence-electron chi connectivity index (χ4n) is 2.69. The highest BCUT2D eigenvalue weighted by molar-refractivity contribution is 5.97. The van der Waals surface area contributed by atoms with Crippen LogP contribution in [0.1, 0.15) is 56.8 Å². The van der Waals surface area contributed by atoms with Crippen LogP contribution in [-0.2, 0) is 0 Å². The highest BCUT2D eigenvalue weighted by Gasteiger charge is 2.27. The second kappa shape index (κ2) is 7.59. The quantitative estimate of drug-likeness (QED) is 0.635. The first kappa shape index (κ1) is 17.5. The average molecular weight is 321 g/mol. The summed E-state index contributed by atoms with van der Waals surface area (Å²) in [4.78, 5) is 20.2. The van der Waals surface area contributed by atoms with Crippen molar-refractivity contribution in [2.75, 3.05) is 10.6 Å². The lowest BCUT2D eigenvalue weighted by Gasteiger charge is -2.32. The fourth-order valence-corrected chi connectivity index (χ4v) is 2.69. The molecule has 1 heterocycles. The zero-order valence-electron chi connectivity index (χ0n) is 14.0. The van der Waals surface area contributed by atoms with Crippen molar-refractivity contribution < 1.29 is 9.90 Å². The van der Waals surface area contributed by atoms with E-state index in [4.69, 9.17) is 5.73 Å². The lowest BCUT2D eigenvalue weighted by atomic mass is 9.85. The van der Waals surface area contributed by atoms with Gasteiger partial charge in [-0.2, -0.15) is 4.98 Å². The second-order valence-electron chi connectivity index (χ2n) is 6.47. The lowest BCUT2D eigenvalue weighted by molar-refractivity contribution is 0.0739. The zero-order valence-corrected chi connectivity index (χ0v) is 14.0. The summed E-state index contributed by atoms with van der Waals surface area (Å²) in [6.07, 6.45) is 4.55. The van der Waals surface area contributed by atoms with Crippen molar-refractivity contribution >= 4 is 17.7 Å². The lowest BCUT2D eigenvalue weighted by Crippen LogP contribution is -2.35. The third kappa shape index (κ3) is 4.54. The number of anilines is 2. The molecule has 128 valence electrons. The Morgan fingerprint density at radius 1 is 1.52 bits per heavy atom. The van der Waals surface area contributed by atoms with Crippen molar-refractivity contribution in [3.63, 3.8) is 0 Å². The summed E-state index contributed by atoms with van der Waals surface area (Å²) in [6, 6.07) is 0.310. The number of nitrogens with one attached hydrogen (secondary N) is 2. The van der Waals surface area contributed by atoms with E-state index in [1.165, 1.54) is 6.20 Å². The number of nitrogens with two attached hydrogens (primary N) is 1. The Morgan fingerprint density at radius 2 is 2.26 bits per heavy atom. The second-order valence-corrected chi connectivity index (χ2v) is 6.47. The first-order valence-corrected chi connectivity index (χ1v) is 8.28. The number of nitrogens with zero attached hydrogens (tertiary/aromatic N) is 2. The summed E-state index contributed by atoms with van der Waals surface area (Å²) in [5.74, 6) is 0.644. The molecule has 1 fully saturated rings. The van der Waals surface area contributed by atoms with Crippen LogP contribution >= 0.6 is 0 Å². The Balaban J connectivity index is 2.17. The normalized spacial score (nSPS) is 25.7. The molecule has 4 atom stereocenters. The van der Waals surface area contributed by atoms with Crippen LogP contribution in [0, 0.1) is 5.92 Å². The molecule has 0 aliphatic heterocycles. The summed E-state index contributed by atoms with van der Waals surface area (Å²) in [7, 11) is 0. The van der Waals surface area contributed by atoms with E-state index in [1.807, 2.05) is 6.92 Å². The van der Waals surface area contributed by atoms with Crippen molar-refractivity contribution in [2.45, 2.75) is 64.6 Å². The SMILES string of the molecule is CC[C@@H](C)Nc1ncc(C(N)=O)c(NC2CC[C@@H](C)[C@H](O)C2)n1.